The number of likely N-dealkylation sites (tertiary alicyclic amines) is 1. The van der Waals surface area contributed by atoms with Crippen LogP contribution in [0.25, 0.3) is 0 Å². The summed E-state index contributed by atoms with van der Waals surface area (Å²) in [5.74, 6) is 0.890. The number of amides is 1. The summed E-state index contributed by atoms with van der Waals surface area (Å²) in [5.41, 5.74) is 0.345. The second-order valence-corrected chi connectivity index (χ2v) is 6.97. The van der Waals surface area contributed by atoms with Crippen LogP contribution in [-0.4, -0.2) is 36.0 Å². The molecular weight excluding hydrogens is 200 g/mol. The molecule has 1 aliphatic heterocycles. The lowest BCUT2D eigenvalue weighted by Crippen LogP contribution is -2.57. The van der Waals surface area contributed by atoms with Crippen LogP contribution in [0, 0.1) is 11.3 Å². The monoisotopic (exact) mass is 226 g/mol. The molecule has 1 heterocycles. The number of carbonyl (C=O) groups is 1. The van der Waals surface area contributed by atoms with Gasteiger partial charge in [0.15, 0.2) is 0 Å². The van der Waals surface area contributed by atoms with E-state index in [4.69, 9.17) is 0 Å². The molecule has 1 rings (SSSR count). The van der Waals surface area contributed by atoms with Gasteiger partial charge in [-0.1, -0.05) is 20.8 Å². The fourth-order valence-electron chi connectivity index (χ4n) is 1.68. The van der Waals surface area contributed by atoms with Crippen LogP contribution in [0.2, 0.25) is 0 Å². The minimum Gasteiger partial charge on any atom is -0.341 e. The van der Waals surface area contributed by atoms with E-state index in [9.17, 15) is 4.79 Å². The molecule has 1 saturated heterocycles. The molecule has 0 radical (unpaired) electrons. The topological polar surface area (TPSA) is 32.3 Å². The minimum atomic E-state index is 0.0178. The van der Waals surface area contributed by atoms with Crippen molar-refractivity contribution in [2.24, 2.45) is 11.3 Å². The van der Waals surface area contributed by atoms with Crippen molar-refractivity contribution in [2.45, 2.75) is 47.1 Å². The molecule has 0 bridgehead atoms. The van der Waals surface area contributed by atoms with Crippen molar-refractivity contribution < 1.29 is 4.79 Å². The molecule has 1 aliphatic rings. The lowest BCUT2D eigenvalue weighted by molar-refractivity contribution is -0.139. The molecule has 94 valence electrons. The van der Waals surface area contributed by atoms with Crippen LogP contribution >= 0.6 is 0 Å². The highest BCUT2D eigenvalue weighted by molar-refractivity contribution is 5.79. The first kappa shape index (κ1) is 13.5. The lowest BCUT2D eigenvalue weighted by atomic mass is 9.76. The first-order chi connectivity index (χ1) is 7.09. The van der Waals surface area contributed by atoms with Gasteiger partial charge in [0.05, 0.1) is 6.54 Å². The van der Waals surface area contributed by atoms with Crippen molar-refractivity contribution in [2.75, 3.05) is 19.6 Å². The van der Waals surface area contributed by atoms with Gasteiger partial charge in [-0.2, -0.15) is 0 Å². The van der Waals surface area contributed by atoms with E-state index in [-0.39, 0.29) is 11.4 Å². The molecule has 0 saturated carbocycles. The molecule has 0 atom stereocenters. The van der Waals surface area contributed by atoms with Gasteiger partial charge in [0, 0.05) is 18.6 Å². The third-order valence-corrected chi connectivity index (χ3v) is 3.23. The molecule has 1 N–H and O–H groups in total. The Balaban J connectivity index is 2.28. The maximum Gasteiger partial charge on any atom is 0.236 e. The Labute approximate surface area is 99.6 Å². The predicted molar refractivity (Wildman–Crippen MR) is 67.3 cm³/mol. The summed E-state index contributed by atoms with van der Waals surface area (Å²) in [6, 6.07) is 0. The number of hydrogen-bond acceptors (Lipinski definition) is 2. The highest BCUT2D eigenvalue weighted by Crippen LogP contribution is 2.33. The third kappa shape index (κ3) is 3.78. The second kappa shape index (κ2) is 4.36. The molecule has 16 heavy (non-hydrogen) atoms. The first-order valence-electron chi connectivity index (χ1n) is 6.12. The first-order valence-corrected chi connectivity index (χ1v) is 6.12. The number of carbonyl (C=O) groups excluding carboxylic acids is 1. The van der Waals surface area contributed by atoms with Crippen LogP contribution in [-0.2, 0) is 4.79 Å². The molecule has 1 fully saturated rings. The number of hydrogen-bond donors (Lipinski definition) is 1. The van der Waals surface area contributed by atoms with Crippen molar-refractivity contribution in [3.05, 3.63) is 0 Å². The Hall–Kier alpha value is -0.570. The zero-order valence-electron chi connectivity index (χ0n) is 11.6. The van der Waals surface area contributed by atoms with E-state index in [1.165, 1.54) is 0 Å². The van der Waals surface area contributed by atoms with Crippen LogP contribution in [0.5, 0.6) is 0 Å². The quantitative estimate of drug-likeness (QED) is 0.779. The van der Waals surface area contributed by atoms with E-state index in [2.05, 4.69) is 46.9 Å². The van der Waals surface area contributed by atoms with Gasteiger partial charge in [-0.05, 0) is 32.1 Å². The summed E-state index contributed by atoms with van der Waals surface area (Å²) in [7, 11) is 0. The average molecular weight is 226 g/mol. The van der Waals surface area contributed by atoms with Crippen molar-refractivity contribution >= 4 is 5.91 Å². The zero-order chi connectivity index (χ0) is 12.6. The van der Waals surface area contributed by atoms with Gasteiger partial charge in [0.1, 0.15) is 0 Å². The van der Waals surface area contributed by atoms with Gasteiger partial charge < -0.3 is 10.2 Å². The van der Waals surface area contributed by atoms with Crippen LogP contribution < -0.4 is 5.32 Å². The van der Waals surface area contributed by atoms with Gasteiger partial charge in [0.2, 0.25) is 5.91 Å². The predicted octanol–water partition coefficient (Wildman–Crippen LogP) is 1.88. The summed E-state index contributed by atoms with van der Waals surface area (Å²) in [4.78, 5) is 13.8. The summed E-state index contributed by atoms with van der Waals surface area (Å²) in [6.07, 6.45) is 0. The zero-order valence-corrected chi connectivity index (χ0v) is 11.6. The van der Waals surface area contributed by atoms with E-state index < -0.39 is 0 Å². The van der Waals surface area contributed by atoms with Crippen LogP contribution in [0.1, 0.15) is 41.5 Å². The molecule has 0 aromatic rings. The fraction of sp³-hybridized carbons (Fsp3) is 0.923. The SMILES string of the molecule is CC(C)(C)NCC(=O)N1CC(C(C)(C)C)C1. The lowest BCUT2D eigenvalue weighted by Gasteiger charge is -2.46. The van der Waals surface area contributed by atoms with Crippen LogP contribution in [0.15, 0.2) is 0 Å². The van der Waals surface area contributed by atoms with E-state index in [0.29, 0.717) is 17.9 Å². The summed E-state index contributed by atoms with van der Waals surface area (Å²) >= 11 is 0. The fourth-order valence-corrected chi connectivity index (χ4v) is 1.68. The molecule has 1 amide bonds. The Morgan fingerprint density at radius 1 is 1.19 bits per heavy atom. The van der Waals surface area contributed by atoms with Gasteiger partial charge in [-0.3, -0.25) is 4.79 Å². The molecule has 0 aromatic heterocycles. The van der Waals surface area contributed by atoms with Crippen molar-refractivity contribution in [3.63, 3.8) is 0 Å². The molecule has 0 unspecified atom stereocenters. The molecule has 0 aromatic carbocycles. The maximum absolute atomic E-state index is 11.8. The summed E-state index contributed by atoms with van der Waals surface area (Å²) < 4.78 is 0. The Morgan fingerprint density at radius 2 is 1.69 bits per heavy atom. The number of nitrogens with one attached hydrogen (secondary N) is 1. The second-order valence-electron chi connectivity index (χ2n) is 6.97. The Bertz CT molecular complexity index is 254. The molecule has 0 aliphatic carbocycles. The van der Waals surface area contributed by atoms with E-state index in [1.54, 1.807) is 0 Å². The number of rotatable bonds is 2. The normalized spacial score (nSPS) is 18.5. The molecule has 3 nitrogen and oxygen atoms in total. The van der Waals surface area contributed by atoms with Crippen LogP contribution in [0.3, 0.4) is 0 Å². The Morgan fingerprint density at radius 3 is 2.06 bits per heavy atom. The molecule has 3 heteroatoms. The number of nitrogens with zero attached hydrogens (tertiary/aromatic N) is 1. The summed E-state index contributed by atoms with van der Waals surface area (Å²) in [5, 5.41) is 3.23. The summed E-state index contributed by atoms with van der Waals surface area (Å²) in [6.45, 7) is 15.3. The van der Waals surface area contributed by atoms with Crippen molar-refractivity contribution in [1.29, 1.82) is 0 Å². The minimum absolute atomic E-state index is 0.0178. The standard InChI is InChI=1S/C13H26N2O/c1-12(2,3)10-8-15(9-10)11(16)7-14-13(4,5)6/h10,14H,7-9H2,1-6H3. The molecule has 0 spiro atoms. The largest absolute Gasteiger partial charge is 0.341 e. The third-order valence-electron chi connectivity index (χ3n) is 3.23. The highest BCUT2D eigenvalue weighted by Gasteiger charge is 2.37. The van der Waals surface area contributed by atoms with Crippen LogP contribution in [0.4, 0.5) is 0 Å². The van der Waals surface area contributed by atoms with Crippen molar-refractivity contribution in [3.8, 4) is 0 Å². The molecular formula is C13H26N2O. The smallest absolute Gasteiger partial charge is 0.236 e. The Kier molecular flexibility index (Phi) is 3.68. The van der Waals surface area contributed by atoms with Gasteiger partial charge >= 0.3 is 0 Å². The van der Waals surface area contributed by atoms with Crippen molar-refractivity contribution in [1.82, 2.24) is 10.2 Å². The van der Waals surface area contributed by atoms with Gasteiger partial charge in [0.25, 0.3) is 0 Å². The maximum atomic E-state index is 11.8. The van der Waals surface area contributed by atoms with E-state index in [0.717, 1.165) is 13.1 Å². The average Bonchev–Trinajstić information content (AvgIpc) is 1.93. The van der Waals surface area contributed by atoms with Gasteiger partial charge in [-0.25, -0.2) is 0 Å². The van der Waals surface area contributed by atoms with E-state index >= 15 is 0 Å². The highest BCUT2D eigenvalue weighted by atomic mass is 16.2. The van der Waals surface area contributed by atoms with E-state index in [1.807, 2.05) is 4.90 Å². The van der Waals surface area contributed by atoms with Gasteiger partial charge in [-0.15, -0.1) is 0 Å².